The molecule has 1 N–H and O–H groups in total. The summed E-state index contributed by atoms with van der Waals surface area (Å²) >= 11 is 3.64. The summed E-state index contributed by atoms with van der Waals surface area (Å²) in [5.41, 5.74) is 0.780. The fourth-order valence-corrected chi connectivity index (χ4v) is 3.52. The molecule has 0 heterocycles. The van der Waals surface area contributed by atoms with E-state index in [1.165, 1.54) is 15.9 Å². The van der Waals surface area contributed by atoms with Crippen LogP contribution in [0.2, 0.25) is 0 Å². The van der Waals surface area contributed by atoms with Crippen molar-refractivity contribution in [1.29, 1.82) is 5.26 Å². The van der Waals surface area contributed by atoms with Crippen molar-refractivity contribution in [2.24, 2.45) is 0 Å². The number of hydrogen-bond acceptors (Lipinski definition) is 4. The molecule has 122 valence electrons. The van der Waals surface area contributed by atoms with Gasteiger partial charge in [0.1, 0.15) is 11.6 Å². The first-order valence-electron chi connectivity index (χ1n) is 7.53. The van der Waals surface area contributed by atoms with E-state index in [1.807, 2.05) is 23.9 Å². The Bertz CT molecular complexity index is 630. The Hall–Kier alpha value is -1.64. The Balaban J connectivity index is 2.99. The number of allylic oxidation sites excluding steroid dienone is 2. The summed E-state index contributed by atoms with van der Waals surface area (Å²) in [4.78, 5) is 13.2. The maximum absolute atomic E-state index is 10.8. The van der Waals surface area contributed by atoms with Crippen LogP contribution in [-0.2, 0) is 4.79 Å². The number of carbonyl (C=O) groups is 1. The quantitative estimate of drug-likeness (QED) is 0.286. The van der Waals surface area contributed by atoms with Crippen molar-refractivity contribution in [1.82, 2.24) is 0 Å². The van der Waals surface area contributed by atoms with Crippen LogP contribution in [-0.4, -0.2) is 22.6 Å². The van der Waals surface area contributed by atoms with Crippen LogP contribution in [0.1, 0.15) is 32.3 Å². The van der Waals surface area contributed by atoms with E-state index in [-0.39, 0.29) is 5.57 Å². The molecule has 0 aliphatic heterocycles. The Labute approximate surface area is 146 Å². The molecule has 0 unspecified atom stereocenters. The molecule has 3 nitrogen and oxygen atoms in total. The molecule has 0 radical (unpaired) electrons. The highest BCUT2D eigenvalue weighted by Gasteiger charge is 2.05. The van der Waals surface area contributed by atoms with Crippen LogP contribution < -0.4 is 0 Å². The standard InChI is InChI=1S/C18H21NO2S2/c1-3-10-22-16-9-8-14(17(12-16)23-11-4-2)6-5-7-15(13-19)18(20)21/h5-9,12H,3-4,10-11H2,1-2H3,(H,20,21)/b6-5+,15-7+. The molecule has 1 aromatic rings. The molecule has 0 spiro atoms. The van der Waals surface area contributed by atoms with Gasteiger partial charge in [-0.1, -0.05) is 32.1 Å². The van der Waals surface area contributed by atoms with E-state index in [9.17, 15) is 4.79 Å². The summed E-state index contributed by atoms with van der Waals surface area (Å²) in [6.45, 7) is 4.31. The van der Waals surface area contributed by atoms with Crippen LogP contribution in [0.15, 0.2) is 45.7 Å². The summed E-state index contributed by atoms with van der Waals surface area (Å²) < 4.78 is 0. The summed E-state index contributed by atoms with van der Waals surface area (Å²) in [7, 11) is 0. The van der Waals surface area contributed by atoms with Crippen molar-refractivity contribution in [2.75, 3.05) is 11.5 Å². The van der Waals surface area contributed by atoms with Crippen molar-refractivity contribution in [3.05, 3.63) is 41.5 Å². The topological polar surface area (TPSA) is 61.1 Å². The maximum atomic E-state index is 10.8. The lowest BCUT2D eigenvalue weighted by atomic mass is 10.2. The third-order valence-corrected chi connectivity index (χ3v) is 5.29. The molecule has 0 bridgehead atoms. The molecule has 0 aliphatic rings. The molecule has 0 saturated heterocycles. The fraction of sp³-hybridized carbons (Fsp3) is 0.333. The van der Waals surface area contributed by atoms with Gasteiger partial charge in [0.25, 0.3) is 0 Å². The zero-order chi connectivity index (χ0) is 17.1. The number of carboxylic acid groups (broad SMARTS) is 1. The van der Waals surface area contributed by atoms with Crippen molar-refractivity contribution in [2.45, 2.75) is 36.5 Å². The average molecular weight is 348 g/mol. The van der Waals surface area contributed by atoms with Crippen molar-refractivity contribution in [3.63, 3.8) is 0 Å². The number of nitriles is 1. The monoisotopic (exact) mass is 347 g/mol. The minimum Gasteiger partial charge on any atom is -0.477 e. The van der Waals surface area contributed by atoms with Gasteiger partial charge in [-0.05, 0) is 48.1 Å². The van der Waals surface area contributed by atoms with E-state index in [0.717, 1.165) is 29.9 Å². The Morgan fingerprint density at radius 2 is 1.96 bits per heavy atom. The molecule has 5 heteroatoms. The molecule has 1 aromatic carbocycles. The lowest BCUT2D eigenvalue weighted by Crippen LogP contribution is -1.96. The first-order chi connectivity index (χ1) is 11.1. The van der Waals surface area contributed by atoms with E-state index in [4.69, 9.17) is 10.4 Å². The number of aliphatic carboxylic acids is 1. The normalized spacial score (nSPS) is 11.6. The zero-order valence-corrected chi connectivity index (χ0v) is 15.0. The second-order valence-electron chi connectivity index (χ2n) is 4.75. The minimum atomic E-state index is -1.20. The highest BCUT2D eigenvalue weighted by atomic mass is 32.2. The van der Waals surface area contributed by atoms with Gasteiger partial charge in [-0.3, -0.25) is 0 Å². The SMILES string of the molecule is CCCSc1ccc(/C=C/C=C(\C#N)C(=O)O)c(SCCC)c1. The lowest BCUT2D eigenvalue weighted by Gasteiger charge is -2.08. The zero-order valence-electron chi connectivity index (χ0n) is 13.4. The number of carboxylic acids is 1. The van der Waals surface area contributed by atoms with Crippen LogP contribution >= 0.6 is 23.5 Å². The predicted molar refractivity (Wildman–Crippen MR) is 98.8 cm³/mol. The van der Waals surface area contributed by atoms with Gasteiger partial charge in [-0.15, -0.1) is 23.5 Å². The van der Waals surface area contributed by atoms with Gasteiger partial charge in [0.05, 0.1) is 0 Å². The Kier molecular flexibility index (Phi) is 9.27. The molecule has 0 aliphatic carbocycles. The van der Waals surface area contributed by atoms with E-state index >= 15 is 0 Å². The average Bonchev–Trinajstić information content (AvgIpc) is 2.55. The summed E-state index contributed by atoms with van der Waals surface area (Å²) in [5.74, 6) is 0.931. The van der Waals surface area contributed by atoms with Crippen molar-refractivity contribution < 1.29 is 9.90 Å². The number of thioether (sulfide) groups is 2. The van der Waals surface area contributed by atoms with Crippen LogP contribution in [0, 0.1) is 11.3 Å². The molecular weight excluding hydrogens is 326 g/mol. The fourth-order valence-electron chi connectivity index (χ4n) is 1.70. The smallest absolute Gasteiger partial charge is 0.346 e. The summed E-state index contributed by atoms with van der Waals surface area (Å²) in [5, 5.41) is 17.6. The van der Waals surface area contributed by atoms with Crippen LogP contribution in [0.3, 0.4) is 0 Å². The first-order valence-corrected chi connectivity index (χ1v) is 9.50. The minimum absolute atomic E-state index is 0.265. The third-order valence-electron chi connectivity index (χ3n) is 2.81. The molecule has 1 rings (SSSR count). The largest absolute Gasteiger partial charge is 0.477 e. The van der Waals surface area contributed by atoms with Crippen LogP contribution in [0.5, 0.6) is 0 Å². The van der Waals surface area contributed by atoms with E-state index in [2.05, 4.69) is 26.0 Å². The van der Waals surface area contributed by atoms with Gasteiger partial charge in [0.2, 0.25) is 0 Å². The summed E-state index contributed by atoms with van der Waals surface area (Å²) in [6, 6.07) is 7.99. The van der Waals surface area contributed by atoms with Gasteiger partial charge >= 0.3 is 5.97 Å². The second kappa shape index (κ2) is 11.0. The Morgan fingerprint density at radius 3 is 2.57 bits per heavy atom. The van der Waals surface area contributed by atoms with E-state index in [0.29, 0.717) is 0 Å². The number of hydrogen-bond donors (Lipinski definition) is 1. The molecule has 0 aromatic heterocycles. The van der Waals surface area contributed by atoms with Crippen LogP contribution in [0.4, 0.5) is 0 Å². The third kappa shape index (κ3) is 6.98. The predicted octanol–water partition coefficient (Wildman–Crippen LogP) is 5.24. The van der Waals surface area contributed by atoms with Gasteiger partial charge < -0.3 is 5.11 Å². The molecule has 0 saturated carbocycles. The van der Waals surface area contributed by atoms with Gasteiger partial charge in [-0.25, -0.2) is 4.79 Å². The molecule has 0 fully saturated rings. The van der Waals surface area contributed by atoms with Crippen molar-refractivity contribution >= 4 is 35.6 Å². The highest BCUT2D eigenvalue weighted by molar-refractivity contribution is 8.00. The molecular formula is C18H21NO2S2. The van der Waals surface area contributed by atoms with Gasteiger partial charge in [0.15, 0.2) is 0 Å². The van der Waals surface area contributed by atoms with Crippen molar-refractivity contribution in [3.8, 4) is 6.07 Å². The van der Waals surface area contributed by atoms with E-state index in [1.54, 1.807) is 23.9 Å². The molecule has 23 heavy (non-hydrogen) atoms. The molecule has 0 amide bonds. The van der Waals surface area contributed by atoms with Gasteiger partial charge in [0, 0.05) is 9.79 Å². The highest BCUT2D eigenvalue weighted by Crippen LogP contribution is 2.30. The molecule has 0 atom stereocenters. The second-order valence-corrected chi connectivity index (χ2v) is 7.06. The van der Waals surface area contributed by atoms with Crippen LogP contribution in [0.25, 0.3) is 6.08 Å². The number of benzene rings is 1. The maximum Gasteiger partial charge on any atom is 0.346 e. The lowest BCUT2D eigenvalue weighted by molar-refractivity contribution is -0.132. The number of nitrogens with zero attached hydrogens (tertiary/aromatic N) is 1. The van der Waals surface area contributed by atoms with Gasteiger partial charge in [-0.2, -0.15) is 5.26 Å². The first kappa shape index (κ1) is 19.4. The number of rotatable bonds is 9. The Morgan fingerprint density at radius 1 is 1.26 bits per heavy atom. The summed E-state index contributed by atoms with van der Waals surface area (Å²) in [6.07, 6.45) is 7.04. The van der Waals surface area contributed by atoms with E-state index < -0.39 is 5.97 Å².